The highest BCUT2D eigenvalue weighted by Gasteiger charge is 2.23. The number of nitrogens with one attached hydrogen (secondary N) is 1. The molecular formula is C17H25ClN2O2. The summed E-state index contributed by atoms with van der Waals surface area (Å²) in [5.74, 6) is 0.116. The van der Waals surface area contributed by atoms with Crippen LogP contribution in [-0.4, -0.2) is 42.8 Å². The van der Waals surface area contributed by atoms with Crippen molar-refractivity contribution >= 4 is 24.1 Å². The number of nitrogens with zero attached hydrogens (tertiary/aromatic N) is 1. The van der Waals surface area contributed by atoms with Gasteiger partial charge in [-0.3, -0.25) is 9.59 Å². The van der Waals surface area contributed by atoms with E-state index in [4.69, 9.17) is 0 Å². The molecule has 1 aromatic carbocycles. The summed E-state index contributed by atoms with van der Waals surface area (Å²) in [6.07, 6.45) is 1.57. The summed E-state index contributed by atoms with van der Waals surface area (Å²) in [6, 6.07) is 6.14. The number of amides is 1. The van der Waals surface area contributed by atoms with Gasteiger partial charge in [-0.05, 0) is 38.4 Å². The molecule has 1 unspecified atom stereocenters. The maximum absolute atomic E-state index is 12.3. The summed E-state index contributed by atoms with van der Waals surface area (Å²) in [7, 11) is 1.84. The van der Waals surface area contributed by atoms with Crippen molar-refractivity contribution in [3.63, 3.8) is 0 Å². The van der Waals surface area contributed by atoms with Crippen LogP contribution in [0.15, 0.2) is 18.2 Å². The Kier molecular flexibility index (Phi) is 7.04. The highest BCUT2D eigenvalue weighted by Crippen LogP contribution is 2.15. The van der Waals surface area contributed by atoms with Gasteiger partial charge in [0.25, 0.3) is 0 Å². The predicted octanol–water partition coefficient (Wildman–Crippen LogP) is 2.51. The Morgan fingerprint density at radius 3 is 2.64 bits per heavy atom. The van der Waals surface area contributed by atoms with E-state index in [-0.39, 0.29) is 36.6 Å². The van der Waals surface area contributed by atoms with Gasteiger partial charge >= 0.3 is 0 Å². The number of aryl methyl sites for hydroxylation is 2. The molecule has 22 heavy (non-hydrogen) atoms. The van der Waals surface area contributed by atoms with E-state index in [9.17, 15) is 9.59 Å². The van der Waals surface area contributed by atoms with Crippen LogP contribution in [0.3, 0.4) is 0 Å². The van der Waals surface area contributed by atoms with E-state index in [1.807, 2.05) is 39.1 Å². The zero-order valence-corrected chi connectivity index (χ0v) is 14.3. The topological polar surface area (TPSA) is 49.4 Å². The van der Waals surface area contributed by atoms with Gasteiger partial charge in [-0.2, -0.15) is 0 Å². The Morgan fingerprint density at radius 1 is 1.27 bits per heavy atom. The van der Waals surface area contributed by atoms with Gasteiger partial charge in [0.2, 0.25) is 5.91 Å². The summed E-state index contributed by atoms with van der Waals surface area (Å²) in [6.45, 7) is 5.73. The lowest BCUT2D eigenvalue weighted by Crippen LogP contribution is -2.38. The van der Waals surface area contributed by atoms with Crippen LogP contribution in [0.25, 0.3) is 0 Å². The van der Waals surface area contributed by atoms with Crippen LogP contribution in [0, 0.1) is 13.8 Å². The van der Waals surface area contributed by atoms with Crippen molar-refractivity contribution in [2.45, 2.75) is 39.2 Å². The van der Waals surface area contributed by atoms with Gasteiger partial charge in [0.1, 0.15) is 0 Å². The van der Waals surface area contributed by atoms with E-state index < -0.39 is 0 Å². The normalized spacial score (nSPS) is 17.0. The van der Waals surface area contributed by atoms with Gasteiger partial charge in [-0.15, -0.1) is 12.4 Å². The quantitative estimate of drug-likeness (QED) is 0.847. The van der Waals surface area contributed by atoms with Gasteiger partial charge in [0.05, 0.1) is 0 Å². The first-order valence-electron chi connectivity index (χ1n) is 7.56. The molecule has 0 radical (unpaired) electrons. The first-order chi connectivity index (χ1) is 9.99. The molecule has 1 atom stereocenters. The second-order valence-electron chi connectivity index (χ2n) is 5.89. The van der Waals surface area contributed by atoms with Crippen molar-refractivity contribution in [1.82, 2.24) is 10.2 Å². The van der Waals surface area contributed by atoms with E-state index in [0.717, 1.165) is 36.2 Å². The molecule has 0 saturated carbocycles. The molecule has 0 aliphatic carbocycles. The SMILES string of the molecule is Cc1ccc(C)c(C(=O)CCC(=O)N(C)C2CCNC2)c1.Cl. The Morgan fingerprint density at radius 2 is 2.00 bits per heavy atom. The van der Waals surface area contributed by atoms with Gasteiger partial charge < -0.3 is 10.2 Å². The molecule has 1 fully saturated rings. The molecule has 0 spiro atoms. The van der Waals surface area contributed by atoms with Crippen molar-refractivity contribution in [3.8, 4) is 0 Å². The highest BCUT2D eigenvalue weighted by atomic mass is 35.5. The van der Waals surface area contributed by atoms with Crippen LogP contribution in [0.5, 0.6) is 0 Å². The smallest absolute Gasteiger partial charge is 0.223 e. The largest absolute Gasteiger partial charge is 0.341 e. The zero-order chi connectivity index (χ0) is 15.4. The molecule has 1 saturated heterocycles. The number of ketones is 1. The molecule has 4 nitrogen and oxygen atoms in total. The van der Waals surface area contributed by atoms with Crippen molar-refractivity contribution in [1.29, 1.82) is 0 Å². The summed E-state index contributed by atoms with van der Waals surface area (Å²) in [5, 5.41) is 3.25. The minimum absolute atomic E-state index is 0. The Hall–Kier alpha value is -1.39. The van der Waals surface area contributed by atoms with Crippen molar-refractivity contribution < 1.29 is 9.59 Å². The second kappa shape index (κ2) is 8.30. The van der Waals surface area contributed by atoms with E-state index in [0.29, 0.717) is 6.42 Å². The Balaban J connectivity index is 0.00000242. The van der Waals surface area contributed by atoms with Crippen LogP contribution >= 0.6 is 12.4 Å². The van der Waals surface area contributed by atoms with E-state index in [2.05, 4.69) is 5.32 Å². The van der Waals surface area contributed by atoms with Crippen molar-refractivity contribution in [2.75, 3.05) is 20.1 Å². The lowest BCUT2D eigenvalue weighted by molar-refractivity contribution is -0.131. The maximum Gasteiger partial charge on any atom is 0.223 e. The fraction of sp³-hybridized carbons (Fsp3) is 0.529. The fourth-order valence-electron chi connectivity index (χ4n) is 2.74. The lowest BCUT2D eigenvalue weighted by Gasteiger charge is -2.23. The summed E-state index contributed by atoms with van der Waals surface area (Å²) in [5.41, 5.74) is 2.80. The molecule has 0 bridgehead atoms. The first-order valence-corrected chi connectivity index (χ1v) is 7.56. The summed E-state index contributed by atoms with van der Waals surface area (Å²) in [4.78, 5) is 26.2. The molecule has 1 heterocycles. The number of rotatable bonds is 5. The number of carbonyl (C=O) groups excluding carboxylic acids is 2. The van der Waals surface area contributed by atoms with Crippen LogP contribution in [0.1, 0.15) is 40.7 Å². The van der Waals surface area contributed by atoms with Gasteiger partial charge in [-0.25, -0.2) is 0 Å². The van der Waals surface area contributed by atoms with E-state index in [1.165, 1.54) is 0 Å². The lowest BCUT2D eigenvalue weighted by atomic mass is 9.99. The average Bonchev–Trinajstić information content (AvgIpc) is 3.00. The van der Waals surface area contributed by atoms with Crippen molar-refractivity contribution in [2.24, 2.45) is 0 Å². The number of hydrogen-bond donors (Lipinski definition) is 1. The number of benzene rings is 1. The maximum atomic E-state index is 12.3. The molecular weight excluding hydrogens is 300 g/mol. The fourth-order valence-corrected chi connectivity index (χ4v) is 2.74. The third kappa shape index (κ3) is 4.55. The summed E-state index contributed by atoms with van der Waals surface area (Å²) >= 11 is 0. The standard InChI is InChI=1S/C17H24N2O2.ClH/c1-12-4-5-13(2)15(10-12)16(20)6-7-17(21)19(3)14-8-9-18-11-14;/h4-5,10,14,18H,6-9,11H2,1-3H3;1H. The average molecular weight is 325 g/mol. The second-order valence-corrected chi connectivity index (χ2v) is 5.89. The number of carbonyl (C=O) groups is 2. The van der Waals surface area contributed by atoms with Gasteiger partial charge in [0, 0.05) is 38.0 Å². The van der Waals surface area contributed by atoms with Gasteiger partial charge in [0.15, 0.2) is 5.78 Å². The Bertz CT molecular complexity index is 539. The van der Waals surface area contributed by atoms with Crippen molar-refractivity contribution in [3.05, 3.63) is 34.9 Å². The number of likely N-dealkylation sites (N-methyl/N-ethyl adjacent to an activating group) is 1. The Labute approximate surface area is 138 Å². The van der Waals surface area contributed by atoms with Crippen LogP contribution in [0.2, 0.25) is 0 Å². The molecule has 1 aliphatic rings. The van der Waals surface area contributed by atoms with E-state index in [1.54, 1.807) is 4.90 Å². The van der Waals surface area contributed by atoms with Crippen LogP contribution < -0.4 is 5.32 Å². The molecule has 122 valence electrons. The minimum Gasteiger partial charge on any atom is -0.341 e. The number of Topliss-reactive ketones (excluding diaryl/α,β-unsaturated/α-hetero) is 1. The summed E-state index contributed by atoms with van der Waals surface area (Å²) < 4.78 is 0. The molecule has 1 aromatic rings. The predicted molar refractivity (Wildman–Crippen MR) is 90.8 cm³/mol. The minimum atomic E-state index is 0. The molecule has 1 aliphatic heterocycles. The first kappa shape index (κ1) is 18.7. The zero-order valence-electron chi connectivity index (χ0n) is 13.5. The molecule has 2 rings (SSSR count). The number of hydrogen-bond acceptors (Lipinski definition) is 3. The highest BCUT2D eigenvalue weighted by molar-refractivity contribution is 5.99. The number of halogens is 1. The molecule has 1 amide bonds. The molecule has 1 N–H and O–H groups in total. The van der Waals surface area contributed by atoms with E-state index >= 15 is 0 Å². The van der Waals surface area contributed by atoms with Crippen LogP contribution in [-0.2, 0) is 4.79 Å². The monoisotopic (exact) mass is 324 g/mol. The molecule has 0 aromatic heterocycles. The van der Waals surface area contributed by atoms with Gasteiger partial charge in [-0.1, -0.05) is 17.7 Å². The third-order valence-electron chi connectivity index (χ3n) is 4.23. The third-order valence-corrected chi connectivity index (χ3v) is 4.23. The van der Waals surface area contributed by atoms with Crippen LogP contribution in [0.4, 0.5) is 0 Å². The molecule has 5 heteroatoms.